The largest absolute Gasteiger partial charge is 0.497 e. The van der Waals surface area contributed by atoms with Gasteiger partial charge in [0.25, 0.3) is 0 Å². The van der Waals surface area contributed by atoms with E-state index < -0.39 is 0 Å². The molecule has 136 valence electrons. The van der Waals surface area contributed by atoms with Crippen LogP contribution in [-0.2, 0) is 5.75 Å². The number of aryl methyl sites for hydroxylation is 1. The molecule has 27 heavy (non-hydrogen) atoms. The highest BCUT2D eigenvalue weighted by molar-refractivity contribution is 7.98. The molecular formula is C21H19N3OS2. The molecule has 0 amide bonds. The number of methoxy groups -OCH3 is 1. The highest BCUT2D eigenvalue weighted by atomic mass is 32.2. The van der Waals surface area contributed by atoms with E-state index in [-0.39, 0.29) is 0 Å². The topological polar surface area (TPSA) is 39.9 Å². The molecule has 0 atom stereocenters. The zero-order valence-electron chi connectivity index (χ0n) is 15.1. The molecule has 2 aromatic carbocycles. The van der Waals surface area contributed by atoms with E-state index in [9.17, 15) is 0 Å². The second-order valence-corrected chi connectivity index (χ2v) is 7.92. The van der Waals surface area contributed by atoms with Crippen molar-refractivity contribution in [2.24, 2.45) is 0 Å². The lowest BCUT2D eigenvalue weighted by molar-refractivity contribution is 0.414. The Morgan fingerprint density at radius 1 is 1.00 bits per heavy atom. The summed E-state index contributed by atoms with van der Waals surface area (Å²) in [6.45, 7) is 2.14. The lowest BCUT2D eigenvalue weighted by atomic mass is 10.1. The normalized spacial score (nSPS) is 10.9. The number of rotatable bonds is 6. The fourth-order valence-electron chi connectivity index (χ4n) is 2.81. The zero-order valence-corrected chi connectivity index (χ0v) is 16.8. The molecule has 2 heterocycles. The van der Waals surface area contributed by atoms with E-state index >= 15 is 0 Å². The molecule has 0 spiro atoms. The SMILES string of the molecule is COc1ccc(-n2c(SCc3ccccc3C)nnc2-c2cccs2)cc1. The van der Waals surface area contributed by atoms with Gasteiger partial charge in [-0.3, -0.25) is 4.57 Å². The molecule has 0 aliphatic heterocycles. The molecule has 4 aromatic rings. The average Bonchev–Trinajstić information content (AvgIpc) is 3.37. The monoisotopic (exact) mass is 393 g/mol. The van der Waals surface area contributed by atoms with Gasteiger partial charge in [0, 0.05) is 5.75 Å². The third kappa shape index (κ3) is 3.77. The molecule has 0 saturated heterocycles. The summed E-state index contributed by atoms with van der Waals surface area (Å²) in [7, 11) is 1.67. The maximum Gasteiger partial charge on any atom is 0.196 e. The van der Waals surface area contributed by atoms with Crippen LogP contribution in [0.2, 0.25) is 0 Å². The summed E-state index contributed by atoms with van der Waals surface area (Å²) in [6, 6.07) is 20.6. The van der Waals surface area contributed by atoms with Crippen LogP contribution in [0.25, 0.3) is 16.4 Å². The number of hydrogen-bond acceptors (Lipinski definition) is 5. The standard InChI is InChI=1S/C21H19N3OS2/c1-15-6-3-4-7-16(15)14-27-21-23-22-20(19-8-5-13-26-19)24(21)17-9-11-18(25-2)12-10-17/h3-13H,14H2,1-2H3. The Labute approximate surface area is 166 Å². The van der Waals surface area contributed by atoms with Crippen LogP contribution in [-0.4, -0.2) is 21.9 Å². The molecule has 4 rings (SSSR count). The smallest absolute Gasteiger partial charge is 0.196 e. The van der Waals surface area contributed by atoms with Crippen molar-refractivity contribution < 1.29 is 4.74 Å². The summed E-state index contributed by atoms with van der Waals surface area (Å²) >= 11 is 3.37. The van der Waals surface area contributed by atoms with Gasteiger partial charge in [-0.15, -0.1) is 21.5 Å². The van der Waals surface area contributed by atoms with E-state index in [1.165, 1.54) is 11.1 Å². The molecule has 6 heteroatoms. The van der Waals surface area contributed by atoms with E-state index in [0.29, 0.717) is 0 Å². The van der Waals surface area contributed by atoms with E-state index in [0.717, 1.165) is 33.0 Å². The highest BCUT2D eigenvalue weighted by Crippen LogP contribution is 2.32. The van der Waals surface area contributed by atoms with Gasteiger partial charge in [-0.05, 0) is 53.8 Å². The van der Waals surface area contributed by atoms with E-state index in [4.69, 9.17) is 4.74 Å². The third-order valence-corrected chi connectivity index (χ3v) is 6.17. The third-order valence-electron chi connectivity index (χ3n) is 4.32. The second-order valence-electron chi connectivity index (χ2n) is 6.03. The Morgan fingerprint density at radius 3 is 2.52 bits per heavy atom. The van der Waals surface area contributed by atoms with Gasteiger partial charge in [0.15, 0.2) is 11.0 Å². The van der Waals surface area contributed by atoms with Crippen LogP contribution in [0, 0.1) is 6.92 Å². The number of thiophene rings is 1. The lowest BCUT2D eigenvalue weighted by Gasteiger charge is -2.11. The fourth-order valence-corrected chi connectivity index (χ4v) is 4.53. The number of thioether (sulfide) groups is 1. The minimum atomic E-state index is 0.832. The molecule has 0 N–H and O–H groups in total. The minimum absolute atomic E-state index is 0.832. The number of benzene rings is 2. The van der Waals surface area contributed by atoms with Crippen molar-refractivity contribution in [3.8, 4) is 22.1 Å². The molecular weight excluding hydrogens is 374 g/mol. The van der Waals surface area contributed by atoms with Gasteiger partial charge in [-0.1, -0.05) is 42.1 Å². The lowest BCUT2D eigenvalue weighted by Crippen LogP contribution is -1.99. The summed E-state index contributed by atoms with van der Waals surface area (Å²) in [6.07, 6.45) is 0. The molecule has 0 saturated carbocycles. The fraction of sp³-hybridized carbons (Fsp3) is 0.143. The first kappa shape index (κ1) is 17.8. The van der Waals surface area contributed by atoms with Gasteiger partial charge >= 0.3 is 0 Å². The molecule has 0 unspecified atom stereocenters. The molecule has 0 aliphatic rings. The van der Waals surface area contributed by atoms with Crippen LogP contribution in [0.5, 0.6) is 5.75 Å². The van der Waals surface area contributed by atoms with E-state index in [1.54, 1.807) is 30.2 Å². The Balaban J connectivity index is 1.71. The molecule has 0 bridgehead atoms. The molecule has 0 fully saturated rings. The first-order valence-electron chi connectivity index (χ1n) is 8.57. The number of ether oxygens (including phenoxy) is 1. The predicted octanol–water partition coefficient (Wildman–Crippen LogP) is 5.61. The van der Waals surface area contributed by atoms with E-state index in [1.807, 2.05) is 30.3 Å². The van der Waals surface area contributed by atoms with Crippen molar-refractivity contribution in [1.29, 1.82) is 0 Å². The van der Waals surface area contributed by atoms with Crippen LogP contribution < -0.4 is 4.74 Å². The average molecular weight is 394 g/mol. The van der Waals surface area contributed by atoms with Crippen molar-refractivity contribution in [2.45, 2.75) is 17.8 Å². The first-order chi connectivity index (χ1) is 13.3. The Morgan fingerprint density at radius 2 is 1.81 bits per heavy atom. The van der Waals surface area contributed by atoms with Crippen LogP contribution in [0.1, 0.15) is 11.1 Å². The number of hydrogen-bond donors (Lipinski definition) is 0. The van der Waals surface area contributed by atoms with Crippen molar-refractivity contribution >= 4 is 23.1 Å². The van der Waals surface area contributed by atoms with Crippen molar-refractivity contribution in [3.05, 3.63) is 77.2 Å². The van der Waals surface area contributed by atoms with Crippen LogP contribution >= 0.6 is 23.1 Å². The van der Waals surface area contributed by atoms with Gasteiger partial charge in [0.05, 0.1) is 17.7 Å². The van der Waals surface area contributed by atoms with Gasteiger partial charge in [0.1, 0.15) is 5.75 Å². The van der Waals surface area contributed by atoms with Crippen LogP contribution in [0.15, 0.2) is 71.2 Å². The summed E-state index contributed by atoms with van der Waals surface area (Å²) in [5.74, 6) is 2.55. The van der Waals surface area contributed by atoms with E-state index in [2.05, 4.69) is 57.4 Å². The van der Waals surface area contributed by atoms with Crippen molar-refractivity contribution in [2.75, 3.05) is 7.11 Å². The molecule has 0 aliphatic carbocycles. The van der Waals surface area contributed by atoms with Crippen molar-refractivity contribution in [3.63, 3.8) is 0 Å². The van der Waals surface area contributed by atoms with Crippen LogP contribution in [0.4, 0.5) is 0 Å². The van der Waals surface area contributed by atoms with Gasteiger partial charge in [-0.2, -0.15) is 0 Å². The zero-order chi connectivity index (χ0) is 18.6. The quantitative estimate of drug-likeness (QED) is 0.400. The molecule has 4 nitrogen and oxygen atoms in total. The maximum atomic E-state index is 5.29. The van der Waals surface area contributed by atoms with Crippen LogP contribution in [0.3, 0.4) is 0 Å². The van der Waals surface area contributed by atoms with Gasteiger partial charge in [-0.25, -0.2) is 0 Å². The maximum absolute atomic E-state index is 5.29. The number of nitrogens with zero attached hydrogens (tertiary/aromatic N) is 3. The molecule has 0 radical (unpaired) electrons. The summed E-state index contributed by atoms with van der Waals surface area (Å²) in [5.41, 5.74) is 3.62. The predicted molar refractivity (Wildman–Crippen MR) is 112 cm³/mol. The van der Waals surface area contributed by atoms with Crippen molar-refractivity contribution in [1.82, 2.24) is 14.8 Å². The summed E-state index contributed by atoms with van der Waals surface area (Å²) in [5, 5.41) is 11.9. The Kier molecular flexibility index (Phi) is 5.27. The Bertz CT molecular complexity index is 1020. The first-order valence-corrected chi connectivity index (χ1v) is 10.4. The summed E-state index contributed by atoms with van der Waals surface area (Å²) in [4.78, 5) is 1.10. The van der Waals surface area contributed by atoms with Gasteiger partial charge < -0.3 is 4.74 Å². The second kappa shape index (κ2) is 7.98. The minimum Gasteiger partial charge on any atom is -0.497 e. The van der Waals surface area contributed by atoms with Gasteiger partial charge in [0.2, 0.25) is 0 Å². The highest BCUT2D eigenvalue weighted by Gasteiger charge is 2.17. The summed E-state index contributed by atoms with van der Waals surface area (Å²) < 4.78 is 7.41. The number of aromatic nitrogens is 3. The Hall–Kier alpha value is -2.57. The molecule has 2 aromatic heterocycles.